The van der Waals surface area contributed by atoms with Crippen molar-refractivity contribution < 1.29 is 14.3 Å². The molecule has 1 heterocycles. The first-order chi connectivity index (χ1) is 8.27. The second kappa shape index (κ2) is 4.15. The minimum Gasteiger partial charge on any atom is -0.461 e. The molecular weight excluding hydrogens is 216 g/mol. The number of hydrogen-bond donors (Lipinski definition) is 0. The zero-order valence-electron chi connectivity index (χ0n) is 9.84. The van der Waals surface area contributed by atoms with E-state index in [9.17, 15) is 4.79 Å². The maximum Gasteiger partial charge on any atom is 0.310 e. The van der Waals surface area contributed by atoms with E-state index in [1.165, 1.54) is 0 Å². The maximum absolute atomic E-state index is 11.9. The summed E-state index contributed by atoms with van der Waals surface area (Å²) >= 11 is 0. The molecule has 90 valence electrons. The van der Waals surface area contributed by atoms with E-state index >= 15 is 0 Å². The van der Waals surface area contributed by atoms with Crippen LogP contribution in [-0.4, -0.2) is 18.7 Å². The number of ether oxygens (including phenoxy) is 2. The van der Waals surface area contributed by atoms with Gasteiger partial charge in [0.2, 0.25) is 0 Å². The SMILES string of the molecule is CC1OCC2C(C(=O)OCc3ccccc3)C12. The summed E-state index contributed by atoms with van der Waals surface area (Å²) in [6.45, 7) is 3.14. The van der Waals surface area contributed by atoms with Crippen molar-refractivity contribution in [1.29, 1.82) is 0 Å². The average molecular weight is 232 g/mol. The van der Waals surface area contributed by atoms with Crippen molar-refractivity contribution in [1.82, 2.24) is 0 Å². The molecular formula is C14H16O3. The molecule has 3 rings (SSSR count). The van der Waals surface area contributed by atoms with Crippen molar-refractivity contribution in [2.24, 2.45) is 17.8 Å². The summed E-state index contributed by atoms with van der Waals surface area (Å²) < 4.78 is 10.8. The summed E-state index contributed by atoms with van der Waals surface area (Å²) in [6, 6.07) is 9.78. The lowest BCUT2D eigenvalue weighted by Crippen LogP contribution is -2.17. The Morgan fingerprint density at radius 3 is 2.82 bits per heavy atom. The topological polar surface area (TPSA) is 35.5 Å². The predicted molar refractivity (Wildman–Crippen MR) is 62.1 cm³/mol. The second-order valence-corrected chi connectivity index (χ2v) is 4.90. The Kier molecular flexibility index (Phi) is 2.63. The van der Waals surface area contributed by atoms with Crippen LogP contribution in [-0.2, 0) is 20.9 Å². The van der Waals surface area contributed by atoms with Crippen LogP contribution in [0.5, 0.6) is 0 Å². The molecule has 3 nitrogen and oxygen atoms in total. The molecule has 0 N–H and O–H groups in total. The zero-order valence-corrected chi connectivity index (χ0v) is 9.84. The molecule has 0 spiro atoms. The molecule has 4 unspecified atom stereocenters. The lowest BCUT2D eigenvalue weighted by molar-refractivity contribution is -0.148. The van der Waals surface area contributed by atoms with Crippen molar-refractivity contribution in [3.05, 3.63) is 35.9 Å². The van der Waals surface area contributed by atoms with E-state index in [-0.39, 0.29) is 18.0 Å². The largest absolute Gasteiger partial charge is 0.461 e. The maximum atomic E-state index is 11.9. The molecule has 4 atom stereocenters. The van der Waals surface area contributed by atoms with Gasteiger partial charge in [0.15, 0.2) is 0 Å². The first-order valence-corrected chi connectivity index (χ1v) is 6.09. The van der Waals surface area contributed by atoms with E-state index < -0.39 is 0 Å². The Morgan fingerprint density at radius 2 is 2.18 bits per heavy atom. The number of fused-ring (bicyclic) bond motifs is 1. The summed E-state index contributed by atoms with van der Waals surface area (Å²) in [7, 11) is 0. The molecule has 0 amide bonds. The van der Waals surface area contributed by atoms with E-state index in [2.05, 4.69) is 0 Å². The van der Waals surface area contributed by atoms with E-state index in [4.69, 9.17) is 9.47 Å². The lowest BCUT2D eigenvalue weighted by Gasteiger charge is -2.10. The van der Waals surface area contributed by atoms with Gasteiger partial charge in [0.05, 0.1) is 18.6 Å². The molecule has 0 radical (unpaired) electrons. The first kappa shape index (κ1) is 10.8. The number of rotatable bonds is 3. The summed E-state index contributed by atoms with van der Waals surface area (Å²) in [5.74, 6) is 0.841. The number of carbonyl (C=O) groups is 1. The zero-order chi connectivity index (χ0) is 11.8. The molecule has 3 heteroatoms. The van der Waals surface area contributed by atoms with Crippen LogP contribution < -0.4 is 0 Å². The fraction of sp³-hybridized carbons (Fsp3) is 0.500. The minimum absolute atomic E-state index is 0.0565. The van der Waals surface area contributed by atoms with E-state index in [1.807, 2.05) is 37.3 Å². The van der Waals surface area contributed by atoms with Crippen LogP contribution in [0.4, 0.5) is 0 Å². The van der Waals surface area contributed by atoms with Crippen LogP contribution in [0.2, 0.25) is 0 Å². The Morgan fingerprint density at radius 1 is 1.41 bits per heavy atom. The van der Waals surface area contributed by atoms with Crippen molar-refractivity contribution in [3.63, 3.8) is 0 Å². The number of carbonyl (C=O) groups excluding carboxylic acids is 1. The fourth-order valence-corrected chi connectivity index (χ4v) is 2.79. The molecule has 2 fully saturated rings. The molecule has 17 heavy (non-hydrogen) atoms. The average Bonchev–Trinajstić information content (AvgIpc) is 2.98. The van der Waals surface area contributed by atoms with Gasteiger partial charge >= 0.3 is 5.97 Å². The van der Waals surface area contributed by atoms with Gasteiger partial charge in [-0.15, -0.1) is 0 Å². The number of esters is 1. The van der Waals surface area contributed by atoms with E-state index in [1.54, 1.807) is 0 Å². The molecule has 1 saturated carbocycles. The van der Waals surface area contributed by atoms with Gasteiger partial charge in [-0.3, -0.25) is 4.79 Å². The van der Waals surface area contributed by atoms with E-state index in [0.717, 1.165) is 12.2 Å². The van der Waals surface area contributed by atoms with Crippen LogP contribution in [0.3, 0.4) is 0 Å². The summed E-state index contributed by atoms with van der Waals surface area (Å²) in [5.41, 5.74) is 1.04. The Balaban J connectivity index is 1.52. The predicted octanol–water partition coefficient (Wildman–Crippen LogP) is 2.01. The van der Waals surface area contributed by atoms with Crippen LogP contribution >= 0.6 is 0 Å². The van der Waals surface area contributed by atoms with Crippen LogP contribution in [0.1, 0.15) is 12.5 Å². The van der Waals surface area contributed by atoms with Crippen molar-refractivity contribution >= 4 is 5.97 Å². The van der Waals surface area contributed by atoms with Crippen LogP contribution in [0.15, 0.2) is 30.3 Å². The third-order valence-corrected chi connectivity index (χ3v) is 3.82. The Labute approximate surface area is 101 Å². The minimum atomic E-state index is -0.0565. The standard InChI is InChI=1S/C14H16O3/c1-9-12-11(8-16-9)13(12)14(15)17-7-10-5-3-2-4-6-10/h2-6,9,11-13H,7-8H2,1H3. The van der Waals surface area contributed by atoms with Crippen LogP contribution in [0, 0.1) is 17.8 Å². The van der Waals surface area contributed by atoms with Gasteiger partial charge in [-0.05, 0) is 12.5 Å². The summed E-state index contributed by atoms with van der Waals surface area (Å²) in [6.07, 6.45) is 0.217. The normalized spacial score (nSPS) is 34.2. The van der Waals surface area contributed by atoms with Crippen LogP contribution in [0.25, 0.3) is 0 Å². The second-order valence-electron chi connectivity index (χ2n) is 4.90. The first-order valence-electron chi connectivity index (χ1n) is 6.09. The summed E-state index contributed by atoms with van der Waals surface area (Å²) in [5, 5.41) is 0. The Bertz CT molecular complexity index is 415. The highest BCUT2D eigenvalue weighted by Gasteiger charge is 2.62. The van der Waals surface area contributed by atoms with Gasteiger partial charge < -0.3 is 9.47 Å². The number of hydrogen-bond acceptors (Lipinski definition) is 3. The highest BCUT2D eigenvalue weighted by atomic mass is 16.5. The molecule has 1 saturated heterocycles. The molecule has 1 aliphatic carbocycles. The highest BCUT2D eigenvalue weighted by molar-refractivity contribution is 5.77. The molecule has 2 aliphatic rings. The van der Waals surface area contributed by atoms with Gasteiger partial charge in [0.25, 0.3) is 0 Å². The van der Waals surface area contributed by atoms with Crippen molar-refractivity contribution in [3.8, 4) is 0 Å². The number of benzene rings is 1. The van der Waals surface area contributed by atoms with Crippen molar-refractivity contribution in [2.75, 3.05) is 6.61 Å². The molecule has 1 aliphatic heterocycles. The van der Waals surface area contributed by atoms with Gasteiger partial charge in [0, 0.05) is 11.8 Å². The summed E-state index contributed by atoms with van der Waals surface area (Å²) in [4.78, 5) is 11.9. The Hall–Kier alpha value is -1.35. The van der Waals surface area contributed by atoms with Gasteiger partial charge in [-0.25, -0.2) is 0 Å². The third-order valence-electron chi connectivity index (χ3n) is 3.82. The van der Waals surface area contributed by atoms with Crippen molar-refractivity contribution in [2.45, 2.75) is 19.6 Å². The van der Waals surface area contributed by atoms with Gasteiger partial charge in [-0.2, -0.15) is 0 Å². The van der Waals surface area contributed by atoms with Gasteiger partial charge in [0.1, 0.15) is 6.61 Å². The molecule has 1 aromatic carbocycles. The fourth-order valence-electron chi connectivity index (χ4n) is 2.79. The monoisotopic (exact) mass is 232 g/mol. The lowest BCUT2D eigenvalue weighted by atomic mass is 10.2. The smallest absolute Gasteiger partial charge is 0.310 e. The molecule has 0 aromatic heterocycles. The van der Waals surface area contributed by atoms with E-state index in [0.29, 0.717) is 18.4 Å². The third kappa shape index (κ3) is 1.95. The highest BCUT2D eigenvalue weighted by Crippen LogP contribution is 2.54. The molecule has 1 aromatic rings. The molecule has 0 bridgehead atoms. The quantitative estimate of drug-likeness (QED) is 0.748. The van der Waals surface area contributed by atoms with Gasteiger partial charge in [-0.1, -0.05) is 30.3 Å².